The fourth-order valence-electron chi connectivity index (χ4n) is 11.6. The van der Waals surface area contributed by atoms with Crippen LogP contribution in [0.1, 0.15) is 79.4 Å². The van der Waals surface area contributed by atoms with Gasteiger partial charge in [0.05, 0.1) is 43.9 Å². The van der Waals surface area contributed by atoms with Crippen LogP contribution in [0.4, 0.5) is 0 Å². The van der Waals surface area contributed by atoms with Gasteiger partial charge in [0.2, 0.25) is 0 Å². The maximum absolute atomic E-state index is 14.8. The van der Waals surface area contributed by atoms with Crippen LogP contribution in [0.25, 0.3) is 0 Å². The van der Waals surface area contributed by atoms with E-state index in [0.29, 0.717) is 11.1 Å². The summed E-state index contributed by atoms with van der Waals surface area (Å²) in [6, 6.07) is 1.57. The molecule has 20 atom stereocenters. The first kappa shape index (κ1) is 47.4. The van der Waals surface area contributed by atoms with E-state index in [1.165, 1.54) is 40.4 Å². The third-order valence-electron chi connectivity index (χ3n) is 15.1. The Labute approximate surface area is 363 Å². The number of aliphatic hydroxyl groups excluding tert-OH is 6. The molecule has 4 aliphatic heterocycles. The molecule has 0 unspecified atom stereocenters. The van der Waals surface area contributed by atoms with Crippen molar-refractivity contribution < 1.29 is 96.9 Å². The number of carbonyl (C=O) groups excluding carboxylic acids is 4. The molecule has 6 aliphatic rings. The second-order valence-electron chi connectivity index (χ2n) is 18.8. The van der Waals surface area contributed by atoms with E-state index in [1.807, 2.05) is 20.8 Å². The van der Waals surface area contributed by atoms with Crippen molar-refractivity contribution in [3.05, 3.63) is 36.3 Å². The van der Waals surface area contributed by atoms with Crippen LogP contribution < -0.4 is 0 Å². The van der Waals surface area contributed by atoms with Gasteiger partial charge in [-0.1, -0.05) is 27.4 Å². The molecule has 2 saturated carbocycles. The Bertz CT molecular complexity index is 1900. The molecule has 0 amide bonds. The molecule has 5 heterocycles. The largest absolute Gasteiger partial charge is 0.472 e. The molecule has 2 aliphatic carbocycles. The molecule has 63 heavy (non-hydrogen) atoms. The second kappa shape index (κ2) is 17.0. The standard InChI is InChI=1S/C43H60O20/c1-17-22-12-27(59-20(4)45)42(8)35(21-10-11-55-15-21)61-37(53)36(43(17,42)63-26-14-25(58-19(3)44)40(5,6)24(41(22,26)7)13-28(46)54-9)62-39-34(52)32(50)30(48)23(60-39)16-56-38-33(51)31(49)29(47)18(2)57-38/h10-11,15,18,22-27,29-36,38-39,47-52H,1,12-14,16H2,2-9H3/t18-,22-,23+,24-,25-,26-,27+,29-,30+,31+,32+,33+,34-,35-,36+,38+,39+,41+,42-,43+/m0/s1. The molecule has 0 radical (unpaired) electrons. The molecule has 6 N–H and O–H groups in total. The van der Waals surface area contributed by atoms with E-state index < -0.39 is 156 Å². The zero-order chi connectivity index (χ0) is 46.3. The highest BCUT2D eigenvalue weighted by Crippen LogP contribution is 2.73. The molecular formula is C43H60O20. The van der Waals surface area contributed by atoms with E-state index in [2.05, 4.69) is 6.58 Å². The van der Waals surface area contributed by atoms with Crippen LogP contribution in [0.2, 0.25) is 0 Å². The van der Waals surface area contributed by atoms with Crippen LogP contribution >= 0.6 is 0 Å². The fourth-order valence-corrected chi connectivity index (χ4v) is 11.6. The van der Waals surface area contributed by atoms with Gasteiger partial charge in [0, 0.05) is 43.1 Å². The van der Waals surface area contributed by atoms with E-state index >= 15 is 0 Å². The van der Waals surface area contributed by atoms with Crippen molar-refractivity contribution in [3.63, 3.8) is 0 Å². The third-order valence-corrected chi connectivity index (χ3v) is 15.1. The van der Waals surface area contributed by atoms with Crippen molar-refractivity contribution in [2.24, 2.45) is 28.1 Å². The van der Waals surface area contributed by atoms with Crippen molar-refractivity contribution >= 4 is 23.9 Å². The summed E-state index contributed by atoms with van der Waals surface area (Å²) in [6.07, 6.45) is -19.9. The van der Waals surface area contributed by atoms with Gasteiger partial charge in [-0.25, -0.2) is 4.79 Å². The highest BCUT2D eigenvalue weighted by molar-refractivity contribution is 5.80. The Kier molecular flexibility index (Phi) is 12.8. The summed E-state index contributed by atoms with van der Waals surface area (Å²) in [5.74, 6) is -4.20. The van der Waals surface area contributed by atoms with Gasteiger partial charge in [0.1, 0.15) is 66.6 Å². The lowest BCUT2D eigenvalue weighted by atomic mass is 9.40. The third kappa shape index (κ3) is 7.42. The smallest absolute Gasteiger partial charge is 0.339 e. The highest BCUT2D eigenvalue weighted by atomic mass is 16.7. The lowest BCUT2D eigenvalue weighted by molar-refractivity contribution is -0.382. The van der Waals surface area contributed by atoms with Gasteiger partial charge in [0.25, 0.3) is 0 Å². The number of hydrogen-bond donors (Lipinski definition) is 6. The summed E-state index contributed by atoms with van der Waals surface area (Å²) in [4.78, 5) is 53.9. The molecule has 20 nitrogen and oxygen atoms in total. The maximum Gasteiger partial charge on any atom is 0.339 e. The van der Waals surface area contributed by atoms with Gasteiger partial charge in [-0.05, 0) is 43.7 Å². The van der Waals surface area contributed by atoms with Gasteiger partial charge < -0.3 is 77.7 Å². The Morgan fingerprint density at radius 2 is 1.49 bits per heavy atom. The molecule has 20 heteroatoms. The van der Waals surface area contributed by atoms with Crippen molar-refractivity contribution in [1.82, 2.24) is 0 Å². The SMILES string of the molecule is C=C1[C@@H]2C[C@@H](OC(C)=O)[C@@]3(C)[C@H](c4ccoc4)OC(=O)[C@@H](O[C@H]4O[C@H](CO[C@@H]5O[C@@H](C)[C@H](O)[C@@H](O)[C@H]5O)[C@@H](O)[C@@H](O)[C@@H]4O)[C@]13O[C@H]1C[C@H](OC(C)=O)C(C)(C)[C@H](CC(=O)OC)[C@]12C. The molecule has 1 spiro atoms. The molecule has 2 bridgehead atoms. The zero-order valence-corrected chi connectivity index (χ0v) is 36.5. The Morgan fingerprint density at radius 3 is 2.11 bits per heavy atom. The monoisotopic (exact) mass is 896 g/mol. The minimum atomic E-state index is -2.06. The van der Waals surface area contributed by atoms with E-state index in [-0.39, 0.29) is 19.3 Å². The Balaban J connectivity index is 1.33. The number of methoxy groups -OCH3 is 1. The van der Waals surface area contributed by atoms with E-state index in [4.69, 9.17) is 47.0 Å². The van der Waals surface area contributed by atoms with Crippen LogP contribution in [0, 0.1) is 28.1 Å². The summed E-state index contributed by atoms with van der Waals surface area (Å²) in [7, 11) is 1.26. The molecule has 352 valence electrons. The molecular weight excluding hydrogens is 836 g/mol. The molecule has 7 rings (SSSR count). The number of esters is 4. The molecule has 1 aromatic rings. The predicted molar refractivity (Wildman–Crippen MR) is 208 cm³/mol. The van der Waals surface area contributed by atoms with E-state index in [1.54, 1.807) is 13.0 Å². The average Bonchev–Trinajstić information content (AvgIpc) is 3.76. The number of cyclic esters (lactones) is 1. The number of ether oxygens (including phenoxy) is 9. The molecule has 0 aromatic carbocycles. The summed E-state index contributed by atoms with van der Waals surface area (Å²) in [5.41, 5.74) is -4.97. The Hall–Kier alpha value is -3.54. The van der Waals surface area contributed by atoms with E-state index in [9.17, 15) is 49.8 Å². The van der Waals surface area contributed by atoms with Crippen molar-refractivity contribution in [2.45, 2.75) is 165 Å². The number of furan rings is 1. The topological polar surface area (TPSA) is 286 Å². The molecule has 6 fully saturated rings. The molecule has 4 saturated heterocycles. The van der Waals surface area contributed by atoms with E-state index in [0.717, 1.165) is 0 Å². The van der Waals surface area contributed by atoms with Crippen molar-refractivity contribution in [1.29, 1.82) is 0 Å². The highest BCUT2D eigenvalue weighted by Gasteiger charge is 2.80. The van der Waals surface area contributed by atoms with Crippen LogP contribution in [-0.4, -0.2) is 160 Å². The van der Waals surface area contributed by atoms with Gasteiger partial charge >= 0.3 is 23.9 Å². The first-order valence-electron chi connectivity index (χ1n) is 21.1. The van der Waals surface area contributed by atoms with Crippen LogP contribution in [0.3, 0.4) is 0 Å². The first-order valence-corrected chi connectivity index (χ1v) is 21.1. The normalized spacial score (nSPS) is 46.7. The first-order chi connectivity index (χ1) is 29.5. The summed E-state index contributed by atoms with van der Waals surface area (Å²) in [6.45, 7) is 15.3. The molecule has 1 aromatic heterocycles. The predicted octanol–water partition coefficient (Wildman–Crippen LogP) is 0.113. The number of hydrogen-bond acceptors (Lipinski definition) is 20. The Morgan fingerprint density at radius 1 is 0.857 bits per heavy atom. The van der Waals surface area contributed by atoms with Crippen molar-refractivity contribution in [3.8, 4) is 0 Å². The average molecular weight is 897 g/mol. The van der Waals surface area contributed by atoms with Gasteiger partial charge in [-0.15, -0.1) is 0 Å². The number of aliphatic hydroxyl groups is 6. The minimum absolute atomic E-state index is 0.0606. The van der Waals surface area contributed by atoms with Gasteiger partial charge in [-0.3, -0.25) is 14.4 Å². The van der Waals surface area contributed by atoms with Crippen LogP contribution in [0.5, 0.6) is 0 Å². The maximum atomic E-state index is 14.8. The fraction of sp³-hybridized carbons (Fsp3) is 0.767. The van der Waals surface area contributed by atoms with Gasteiger partial charge in [0.15, 0.2) is 18.7 Å². The second-order valence-corrected chi connectivity index (χ2v) is 18.8. The van der Waals surface area contributed by atoms with Crippen LogP contribution in [-0.2, 0) is 61.8 Å². The number of rotatable bonds is 10. The zero-order valence-electron chi connectivity index (χ0n) is 36.5. The van der Waals surface area contributed by atoms with Crippen LogP contribution in [0.15, 0.2) is 35.2 Å². The summed E-state index contributed by atoms with van der Waals surface area (Å²) in [5, 5.41) is 64.7. The number of fused-ring (bicyclic) bond motifs is 3. The minimum Gasteiger partial charge on any atom is -0.472 e. The quantitative estimate of drug-likeness (QED) is 0.103. The number of carbonyl (C=O) groups is 4. The van der Waals surface area contributed by atoms with Gasteiger partial charge in [-0.2, -0.15) is 0 Å². The lowest BCUT2D eigenvalue weighted by Crippen LogP contribution is -2.81. The summed E-state index contributed by atoms with van der Waals surface area (Å²) < 4.78 is 60.1. The van der Waals surface area contributed by atoms with Crippen molar-refractivity contribution in [2.75, 3.05) is 13.7 Å². The lowest BCUT2D eigenvalue weighted by Gasteiger charge is -2.73. The summed E-state index contributed by atoms with van der Waals surface area (Å²) >= 11 is 0.